The zero-order valence-corrected chi connectivity index (χ0v) is 17.4. The number of ether oxygens (including phenoxy) is 1. The summed E-state index contributed by atoms with van der Waals surface area (Å²) in [6.07, 6.45) is 3.78. The summed E-state index contributed by atoms with van der Waals surface area (Å²) in [7, 11) is 0. The van der Waals surface area contributed by atoms with Gasteiger partial charge >= 0.3 is 0 Å². The van der Waals surface area contributed by atoms with E-state index in [0.717, 1.165) is 40.8 Å². The number of benzene rings is 2. The fraction of sp³-hybridized carbons (Fsp3) is 0.208. The lowest BCUT2D eigenvalue weighted by atomic mass is 10.1. The Kier molecular flexibility index (Phi) is 5.33. The highest BCUT2D eigenvalue weighted by Crippen LogP contribution is 2.32. The summed E-state index contributed by atoms with van der Waals surface area (Å²) in [6.45, 7) is 4.95. The second-order valence-corrected chi connectivity index (χ2v) is 7.55. The van der Waals surface area contributed by atoms with Gasteiger partial charge in [-0.1, -0.05) is 60.2 Å². The molecule has 2 aromatic heterocycles. The molecule has 1 aliphatic rings. The lowest BCUT2D eigenvalue weighted by molar-refractivity contribution is 0.122. The van der Waals surface area contributed by atoms with Crippen LogP contribution in [0.5, 0.6) is 0 Å². The van der Waals surface area contributed by atoms with E-state index >= 15 is 0 Å². The van der Waals surface area contributed by atoms with Crippen LogP contribution in [0.2, 0.25) is 0 Å². The second-order valence-electron chi connectivity index (χ2n) is 7.55. The zero-order chi connectivity index (χ0) is 21.0. The van der Waals surface area contributed by atoms with Crippen LogP contribution < -0.4 is 10.3 Å². The minimum atomic E-state index is 0.651. The molecule has 1 saturated heterocycles. The number of hydrogen-bond acceptors (Lipinski definition) is 6. The summed E-state index contributed by atoms with van der Waals surface area (Å²) >= 11 is 0. The van der Waals surface area contributed by atoms with E-state index < -0.39 is 0 Å². The van der Waals surface area contributed by atoms with Crippen molar-refractivity contribution in [3.05, 3.63) is 71.9 Å². The SMILES string of the molecule is Cc1cccc(C=NNc2nc(N3CCOCC3)nc3c(-c4ccccc4)c[nH]c23)c1. The molecule has 0 spiro atoms. The lowest BCUT2D eigenvalue weighted by Gasteiger charge is -2.27. The molecule has 0 bridgehead atoms. The van der Waals surface area contributed by atoms with Crippen molar-refractivity contribution in [3.8, 4) is 11.1 Å². The Morgan fingerprint density at radius 2 is 1.90 bits per heavy atom. The molecule has 1 fully saturated rings. The summed E-state index contributed by atoms with van der Waals surface area (Å²) in [5, 5.41) is 4.44. The number of aromatic nitrogens is 3. The van der Waals surface area contributed by atoms with Gasteiger partial charge in [0, 0.05) is 24.8 Å². The van der Waals surface area contributed by atoms with Gasteiger partial charge < -0.3 is 14.6 Å². The Morgan fingerprint density at radius 3 is 2.71 bits per heavy atom. The molecule has 0 aliphatic carbocycles. The van der Waals surface area contributed by atoms with Gasteiger partial charge in [0.15, 0.2) is 5.82 Å². The number of aromatic amines is 1. The number of nitrogens with zero attached hydrogens (tertiary/aromatic N) is 4. The van der Waals surface area contributed by atoms with Crippen LogP contribution >= 0.6 is 0 Å². The molecule has 0 saturated carbocycles. The average molecular weight is 412 g/mol. The molecular formula is C24H24N6O. The number of anilines is 2. The van der Waals surface area contributed by atoms with Gasteiger partial charge in [0.2, 0.25) is 5.95 Å². The van der Waals surface area contributed by atoms with Crippen molar-refractivity contribution in [2.75, 3.05) is 36.6 Å². The fourth-order valence-corrected chi connectivity index (χ4v) is 3.74. The van der Waals surface area contributed by atoms with Crippen molar-refractivity contribution < 1.29 is 4.74 Å². The van der Waals surface area contributed by atoms with E-state index in [2.05, 4.69) is 51.6 Å². The third-order valence-corrected chi connectivity index (χ3v) is 5.32. The van der Waals surface area contributed by atoms with E-state index in [1.165, 1.54) is 5.56 Å². The predicted molar refractivity (Wildman–Crippen MR) is 125 cm³/mol. The average Bonchev–Trinajstić information content (AvgIpc) is 3.24. The minimum Gasteiger partial charge on any atom is -0.378 e. The summed E-state index contributed by atoms with van der Waals surface area (Å²) in [5.41, 5.74) is 9.20. The van der Waals surface area contributed by atoms with Gasteiger partial charge in [-0.15, -0.1) is 0 Å². The standard InChI is InChI=1S/C24H24N6O/c1-17-6-5-7-18(14-17)15-26-29-23-22-21(20(16-25-22)19-8-3-2-4-9-19)27-24(28-23)30-10-12-31-13-11-30/h2-9,14-16,25H,10-13H2,1H3,(H,27,28,29). The van der Waals surface area contributed by atoms with Crippen molar-refractivity contribution in [3.63, 3.8) is 0 Å². The Balaban J connectivity index is 1.54. The molecule has 4 aromatic rings. The fourth-order valence-electron chi connectivity index (χ4n) is 3.74. The summed E-state index contributed by atoms with van der Waals surface area (Å²) in [6, 6.07) is 18.4. The first-order valence-electron chi connectivity index (χ1n) is 10.4. The first kappa shape index (κ1) is 19.3. The number of H-pyrrole nitrogens is 1. The highest BCUT2D eigenvalue weighted by molar-refractivity contribution is 5.98. The normalized spacial score (nSPS) is 14.4. The van der Waals surface area contributed by atoms with Crippen LogP contribution in [0.15, 0.2) is 65.9 Å². The van der Waals surface area contributed by atoms with Gasteiger partial charge in [-0.05, 0) is 18.1 Å². The van der Waals surface area contributed by atoms with Crippen molar-refractivity contribution in [1.82, 2.24) is 15.0 Å². The Bertz CT molecular complexity index is 1210. The number of aryl methyl sites for hydroxylation is 1. The summed E-state index contributed by atoms with van der Waals surface area (Å²) in [4.78, 5) is 15.2. The Morgan fingerprint density at radius 1 is 1.06 bits per heavy atom. The highest BCUT2D eigenvalue weighted by Gasteiger charge is 2.19. The predicted octanol–water partition coefficient (Wildman–Crippen LogP) is 4.22. The van der Waals surface area contributed by atoms with Gasteiger partial charge in [0.25, 0.3) is 0 Å². The number of morpholine rings is 1. The molecule has 0 atom stereocenters. The summed E-state index contributed by atoms with van der Waals surface area (Å²) < 4.78 is 5.50. The van der Waals surface area contributed by atoms with E-state index in [-0.39, 0.29) is 0 Å². The van der Waals surface area contributed by atoms with E-state index in [0.29, 0.717) is 25.0 Å². The quantitative estimate of drug-likeness (QED) is 0.379. The van der Waals surface area contributed by atoms with Crippen molar-refractivity contribution in [1.29, 1.82) is 0 Å². The molecule has 2 aromatic carbocycles. The minimum absolute atomic E-state index is 0.651. The Labute approximate surface area is 180 Å². The lowest BCUT2D eigenvalue weighted by Crippen LogP contribution is -2.37. The molecule has 0 amide bonds. The molecule has 2 N–H and O–H groups in total. The molecule has 156 valence electrons. The van der Waals surface area contributed by atoms with Crippen LogP contribution in [0, 0.1) is 6.92 Å². The van der Waals surface area contributed by atoms with E-state index in [9.17, 15) is 0 Å². The maximum absolute atomic E-state index is 5.50. The maximum Gasteiger partial charge on any atom is 0.228 e. The third kappa shape index (κ3) is 4.13. The van der Waals surface area contributed by atoms with E-state index in [1.54, 1.807) is 6.21 Å². The molecule has 0 unspecified atom stereocenters. The van der Waals surface area contributed by atoms with Crippen LogP contribution in [0.1, 0.15) is 11.1 Å². The van der Waals surface area contributed by atoms with Crippen molar-refractivity contribution in [2.45, 2.75) is 6.92 Å². The number of fused-ring (bicyclic) bond motifs is 1. The molecule has 1 aliphatic heterocycles. The number of hydrazone groups is 1. The smallest absolute Gasteiger partial charge is 0.228 e. The molecule has 31 heavy (non-hydrogen) atoms. The molecule has 7 nitrogen and oxygen atoms in total. The number of rotatable bonds is 5. The van der Waals surface area contributed by atoms with Crippen LogP contribution in [0.4, 0.5) is 11.8 Å². The second kappa shape index (κ2) is 8.57. The number of nitrogens with one attached hydrogen (secondary N) is 2. The molecule has 5 rings (SSSR count). The highest BCUT2D eigenvalue weighted by atomic mass is 16.5. The van der Waals surface area contributed by atoms with Gasteiger partial charge in [-0.3, -0.25) is 5.43 Å². The van der Waals surface area contributed by atoms with Gasteiger partial charge in [-0.2, -0.15) is 10.1 Å². The van der Waals surface area contributed by atoms with Crippen LogP contribution in [-0.4, -0.2) is 47.5 Å². The van der Waals surface area contributed by atoms with Crippen molar-refractivity contribution >= 4 is 29.0 Å². The number of hydrogen-bond donors (Lipinski definition) is 2. The molecule has 7 heteroatoms. The summed E-state index contributed by atoms with van der Waals surface area (Å²) in [5.74, 6) is 1.33. The monoisotopic (exact) mass is 412 g/mol. The molecular weight excluding hydrogens is 388 g/mol. The maximum atomic E-state index is 5.50. The zero-order valence-electron chi connectivity index (χ0n) is 17.4. The van der Waals surface area contributed by atoms with E-state index in [1.807, 2.05) is 36.5 Å². The third-order valence-electron chi connectivity index (χ3n) is 5.32. The van der Waals surface area contributed by atoms with Gasteiger partial charge in [0.1, 0.15) is 11.0 Å². The van der Waals surface area contributed by atoms with Gasteiger partial charge in [0.05, 0.1) is 19.4 Å². The van der Waals surface area contributed by atoms with Crippen molar-refractivity contribution in [2.24, 2.45) is 5.10 Å². The topological polar surface area (TPSA) is 78.4 Å². The van der Waals surface area contributed by atoms with Gasteiger partial charge in [-0.25, -0.2) is 4.98 Å². The van der Waals surface area contributed by atoms with Crippen LogP contribution in [0.25, 0.3) is 22.2 Å². The van der Waals surface area contributed by atoms with Crippen LogP contribution in [-0.2, 0) is 4.74 Å². The van der Waals surface area contributed by atoms with Crippen LogP contribution in [0.3, 0.4) is 0 Å². The first-order chi connectivity index (χ1) is 15.3. The van der Waals surface area contributed by atoms with E-state index in [4.69, 9.17) is 14.7 Å². The first-order valence-corrected chi connectivity index (χ1v) is 10.4. The molecule has 3 heterocycles. The molecule has 0 radical (unpaired) electrons. The largest absolute Gasteiger partial charge is 0.378 e. The Hall–Kier alpha value is -3.71.